The molecule has 1 aliphatic rings. The van der Waals surface area contributed by atoms with Gasteiger partial charge in [0, 0.05) is 18.8 Å². The van der Waals surface area contributed by atoms with Crippen LogP contribution in [0, 0.1) is 19.8 Å². The lowest BCUT2D eigenvalue weighted by molar-refractivity contribution is -0.138. The van der Waals surface area contributed by atoms with Gasteiger partial charge in [0.25, 0.3) is 0 Å². The number of rotatable bonds is 4. The minimum atomic E-state index is -4.52. The second kappa shape index (κ2) is 8.96. The highest BCUT2D eigenvalue weighted by Crippen LogP contribution is 2.33. The van der Waals surface area contributed by atoms with E-state index in [-0.39, 0.29) is 36.3 Å². The molecule has 1 aromatic heterocycles. The van der Waals surface area contributed by atoms with Crippen molar-refractivity contribution in [2.24, 2.45) is 5.92 Å². The Morgan fingerprint density at radius 2 is 2.07 bits per heavy atom. The van der Waals surface area contributed by atoms with Crippen LogP contribution in [0.2, 0.25) is 0 Å². The molecule has 0 aliphatic carbocycles. The lowest BCUT2D eigenvalue weighted by Gasteiger charge is -2.22. The maximum absolute atomic E-state index is 13.6. The summed E-state index contributed by atoms with van der Waals surface area (Å²) in [6, 6.07) is 5.90. The molecule has 2 aromatic rings. The van der Waals surface area contributed by atoms with Crippen molar-refractivity contribution in [1.29, 1.82) is 0 Å². The van der Waals surface area contributed by atoms with Gasteiger partial charge in [-0.1, -0.05) is 6.07 Å². The molecule has 9 heteroatoms. The molecule has 1 aromatic carbocycles. The molecule has 0 bridgehead atoms. The SMILES string of the molecule is Cc1cc(C)n(-c2ccc(CNC(=O)C3CCCNC3)c(C(F)(F)F)c2)n1.Cl. The Bertz CT molecular complexity index is 829. The fourth-order valence-corrected chi connectivity index (χ4v) is 3.41. The van der Waals surface area contributed by atoms with Gasteiger partial charge in [0.2, 0.25) is 5.91 Å². The summed E-state index contributed by atoms with van der Waals surface area (Å²) in [4.78, 5) is 12.2. The number of nitrogens with zero attached hydrogens (tertiary/aromatic N) is 2. The van der Waals surface area contributed by atoms with Gasteiger partial charge < -0.3 is 10.6 Å². The summed E-state index contributed by atoms with van der Waals surface area (Å²) in [6.45, 7) is 4.87. The summed E-state index contributed by atoms with van der Waals surface area (Å²) in [5.41, 5.74) is 1.13. The third-order valence-electron chi connectivity index (χ3n) is 4.77. The van der Waals surface area contributed by atoms with Gasteiger partial charge >= 0.3 is 6.18 Å². The Morgan fingerprint density at radius 3 is 2.64 bits per heavy atom. The van der Waals surface area contributed by atoms with E-state index in [1.54, 1.807) is 26.0 Å². The highest BCUT2D eigenvalue weighted by molar-refractivity contribution is 5.85. The number of carbonyl (C=O) groups excluding carboxylic acids is 1. The maximum Gasteiger partial charge on any atom is 0.416 e. The fraction of sp³-hybridized carbons (Fsp3) is 0.474. The molecule has 1 saturated heterocycles. The van der Waals surface area contributed by atoms with Crippen LogP contribution >= 0.6 is 12.4 Å². The van der Waals surface area contributed by atoms with E-state index in [1.807, 2.05) is 0 Å². The summed E-state index contributed by atoms with van der Waals surface area (Å²) < 4.78 is 42.2. The second-order valence-electron chi connectivity index (χ2n) is 6.94. The first-order valence-electron chi connectivity index (χ1n) is 8.98. The van der Waals surface area contributed by atoms with E-state index in [2.05, 4.69) is 15.7 Å². The number of hydrogen-bond acceptors (Lipinski definition) is 3. The Hall–Kier alpha value is -2.06. The summed E-state index contributed by atoms with van der Waals surface area (Å²) >= 11 is 0. The Balaban J connectivity index is 0.00000280. The number of carbonyl (C=O) groups is 1. The molecule has 154 valence electrons. The first kappa shape index (κ1) is 22.2. The summed E-state index contributed by atoms with van der Waals surface area (Å²) in [7, 11) is 0. The molecule has 2 heterocycles. The van der Waals surface area contributed by atoms with Crippen LogP contribution in [0.3, 0.4) is 0 Å². The predicted molar refractivity (Wildman–Crippen MR) is 103 cm³/mol. The Labute approximate surface area is 168 Å². The van der Waals surface area contributed by atoms with E-state index >= 15 is 0 Å². The van der Waals surface area contributed by atoms with Crippen LogP contribution in [-0.2, 0) is 17.5 Å². The van der Waals surface area contributed by atoms with Crippen molar-refractivity contribution < 1.29 is 18.0 Å². The van der Waals surface area contributed by atoms with Gasteiger partial charge in [0.1, 0.15) is 0 Å². The molecule has 0 radical (unpaired) electrons. The van der Waals surface area contributed by atoms with E-state index in [4.69, 9.17) is 0 Å². The number of hydrogen-bond donors (Lipinski definition) is 2. The molecule has 28 heavy (non-hydrogen) atoms. The van der Waals surface area contributed by atoms with E-state index in [1.165, 1.54) is 10.7 Å². The predicted octanol–water partition coefficient (Wildman–Crippen LogP) is 3.55. The number of benzene rings is 1. The molecule has 0 saturated carbocycles. The Kier molecular flexibility index (Phi) is 7.11. The number of halogens is 4. The van der Waals surface area contributed by atoms with Crippen LogP contribution in [0.5, 0.6) is 0 Å². The van der Waals surface area contributed by atoms with Gasteiger partial charge in [-0.2, -0.15) is 18.3 Å². The third kappa shape index (κ3) is 5.05. The lowest BCUT2D eigenvalue weighted by Crippen LogP contribution is -2.40. The first-order valence-corrected chi connectivity index (χ1v) is 8.98. The quantitative estimate of drug-likeness (QED) is 0.801. The van der Waals surface area contributed by atoms with E-state index < -0.39 is 11.7 Å². The molecule has 1 aliphatic heterocycles. The molecule has 1 fully saturated rings. The largest absolute Gasteiger partial charge is 0.416 e. The molecule has 1 unspecified atom stereocenters. The van der Waals surface area contributed by atoms with Gasteiger partial charge in [-0.05, 0) is 57.0 Å². The van der Waals surface area contributed by atoms with Gasteiger partial charge in [0.15, 0.2) is 0 Å². The average Bonchev–Trinajstić information content (AvgIpc) is 2.97. The molecule has 3 rings (SSSR count). The standard InChI is InChI=1S/C19H23F3N4O.ClH/c1-12-8-13(2)26(25-12)16-6-5-14(17(9-16)19(20,21)22)11-24-18(27)15-4-3-7-23-10-15;/h5-6,8-9,15,23H,3-4,7,10-11H2,1-2H3,(H,24,27);1H. The number of amides is 1. The molecule has 1 atom stereocenters. The summed E-state index contributed by atoms with van der Waals surface area (Å²) in [6.07, 6.45) is -2.87. The number of alkyl halides is 3. The first-order chi connectivity index (χ1) is 12.8. The van der Waals surface area contributed by atoms with Crippen molar-refractivity contribution >= 4 is 18.3 Å². The van der Waals surface area contributed by atoms with Crippen molar-refractivity contribution in [3.05, 3.63) is 46.8 Å². The third-order valence-corrected chi connectivity index (χ3v) is 4.77. The van der Waals surface area contributed by atoms with Crippen molar-refractivity contribution in [3.8, 4) is 5.69 Å². The Morgan fingerprint density at radius 1 is 1.32 bits per heavy atom. The minimum absolute atomic E-state index is 0. The van der Waals surface area contributed by atoms with E-state index in [0.29, 0.717) is 12.2 Å². The van der Waals surface area contributed by atoms with Crippen molar-refractivity contribution in [2.75, 3.05) is 13.1 Å². The molecule has 1 amide bonds. The minimum Gasteiger partial charge on any atom is -0.352 e. The van der Waals surface area contributed by atoms with Crippen LogP contribution in [0.15, 0.2) is 24.3 Å². The lowest BCUT2D eigenvalue weighted by atomic mass is 9.98. The average molecular weight is 417 g/mol. The van der Waals surface area contributed by atoms with Crippen molar-refractivity contribution in [1.82, 2.24) is 20.4 Å². The van der Waals surface area contributed by atoms with Crippen LogP contribution < -0.4 is 10.6 Å². The zero-order valence-corrected chi connectivity index (χ0v) is 16.6. The number of nitrogens with one attached hydrogen (secondary N) is 2. The van der Waals surface area contributed by atoms with Crippen LogP contribution in [0.25, 0.3) is 5.69 Å². The van der Waals surface area contributed by atoms with Gasteiger partial charge in [-0.25, -0.2) is 4.68 Å². The highest BCUT2D eigenvalue weighted by Gasteiger charge is 2.34. The zero-order chi connectivity index (χ0) is 19.6. The number of aromatic nitrogens is 2. The van der Waals surface area contributed by atoms with Crippen LogP contribution in [0.1, 0.15) is 35.4 Å². The van der Waals surface area contributed by atoms with E-state index in [0.717, 1.165) is 36.8 Å². The summed E-state index contributed by atoms with van der Waals surface area (Å²) in [5, 5.41) is 10.0. The highest BCUT2D eigenvalue weighted by atomic mass is 35.5. The molecule has 0 spiro atoms. The molecule has 2 N–H and O–H groups in total. The van der Waals surface area contributed by atoms with Crippen molar-refractivity contribution in [2.45, 2.75) is 39.4 Å². The van der Waals surface area contributed by atoms with Gasteiger partial charge in [0.05, 0.1) is 22.9 Å². The zero-order valence-electron chi connectivity index (χ0n) is 15.8. The maximum atomic E-state index is 13.6. The fourth-order valence-electron chi connectivity index (χ4n) is 3.41. The van der Waals surface area contributed by atoms with Gasteiger partial charge in [-0.15, -0.1) is 12.4 Å². The smallest absolute Gasteiger partial charge is 0.352 e. The van der Waals surface area contributed by atoms with Gasteiger partial charge in [-0.3, -0.25) is 4.79 Å². The molecule has 5 nitrogen and oxygen atoms in total. The normalized spacial score (nSPS) is 17.1. The molecular weight excluding hydrogens is 393 g/mol. The van der Waals surface area contributed by atoms with Crippen LogP contribution in [0.4, 0.5) is 13.2 Å². The number of piperidine rings is 1. The topological polar surface area (TPSA) is 59.0 Å². The monoisotopic (exact) mass is 416 g/mol. The molecular formula is C19H24ClF3N4O. The summed E-state index contributed by atoms with van der Waals surface area (Å²) in [5.74, 6) is -0.403. The number of aryl methyl sites for hydroxylation is 2. The van der Waals surface area contributed by atoms with Crippen LogP contribution in [-0.4, -0.2) is 28.8 Å². The van der Waals surface area contributed by atoms with Crippen molar-refractivity contribution in [3.63, 3.8) is 0 Å². The van der Waals surface area contributed by atoms with E-state index in [9.17, 15) is 18.0 Å². The second-order valence-corrected chi connectivity index (χ2v) is 6.94.